The largest absolute Gasteiger partial charge is 0.480 e. The van der Waals surface area contributed by atoms with Gasteiger partial charge in [0.15, 0.2) is 0 Å². The van der Waals surface area contributed by atoms with Crippen molar-refractivity contribution in [3.05, 3.63) is 85.9 Å². The lowest BCUT2D eigenvalue weighted by Crippen LogP contribution is -2.41. The second kappa shape index (κ2) is 10.7. The fraction of sp³-hybridized carbons (Fsp3) is 0.250. The highest BCUT2D eigenvalue weighted by atomic mass is 35.5. The van der Waals surface area contributed by atoms with Crippen LogP contribution < -0.4 is 5.32 Å². The molecule has 0 fully saturated rings. The molecule has 11 heteroatoms. The van der Waals surface area contributed by atoms with E-state index in [9.17, 15) is 19.5 Å². The Labute approximate surface area is 216 Å². The van der Waals surface area contributed by atoms with Gasteiger partial charge < -0.3 is 20.3 Å². The van der Waals surface area contributed by atoms with Gasteiger partial charge in [0.1, 0.15) is 6.04 Å². The van der Waals surface area contributed by atoms with Gasteiger partial charge in [-0.1, -0.05) is 34.8 Å². The summed E-state index contributed by atoms with van der Waals surface area (Å²) in [6, 6.07) is 7.11. The number of aryl methyl sites for hydroxylation is 1. The monoisotopic (exact) mass is 534 g/mol. The minimum atomic E-state index is -1.17. The Hall–Kier alpha value is -3.07. The molecule has 2 aromatic carbocycles. The Morgan fingerprint density at radius 1 is 1.17 bits per heavy atom. The summed E-state index contributed by atoms with van der Waals surface area (Å²) in [6.45, 7) is 0.678. The maximum atomic E-state index is 13.0. The first-order valence-electron chi connectivity index (χ1n) is 10.8. The lowest BCUT2D eigenvalue weighted by atomic mass is 9.95. The molecule has 0 saturated carbocycles. The van der Waals surface area contributed by atoms with Crippen LogP contribution in [0.4, 0.5) is 0 Å². The molecule has 2 heterocycles. The zero-order chi connectivity index (χ0) is 25.1. The number of nitrogens with zero attached hydrogens (tertiary/aromatic N) is 2. The molecule has 0 spiro atoms. The van der Waals surface area contributed by atoms with E-state index in [-0.39, 0.29) is 34.5 Å². The second-order valence-corrected chi connectivity index (χ2v) is 9.35. The number of aliphatic carboxylic acids is 1. The van der Waals surface area contributed by atoms with Crippen LogP contribution in [0.3, 0.4) is 0 Å². The van der Waals surface area contributed by atoms with Crippen LogP contribution in [0.1, 0.15) is 44.0 Å². The van der Waals surface area contributed by atoms with Crippen LogP contribution in [0, 0.1) is 0 Å². The highest BCUT2D eigenvalue weighted by Gasteiger charge is 2.29. The molecule has 0 bridgehead atoms. The van der Waals surface area contributed by atoms with Gasteiger partial charge in [-0.05, 0) is 60.7 Å². The van der Waals surface area contributed by atoms with Gasteiger partial charge in [0.2, 0.25) is 0 Å². The van der Waals surface area contributed by atoms with E-state index in [0.717, 1.165) is 5.56 Å². The number of halogens is 3. The maximum absolute atomic E-state index is 13.0. The van der Waals surface area contributed by atoms with Gasteiger partial charge >= 0.3 is 5.97 Å². The number of H-pyrrole nitrogens is 1. The fourth-order valence-corrected chi connectivity index (χ4v) is 4.91. The standard InChI is InChI=1S/C24H21Cl3N4O4/c25-15-3-1-13(2-4-15)23(33)31-8-7-17-14(11-31)9-18(26)20(21(17)27)22(32)30-19(24(34)35)6-5-16-10-28-12-29-16/h1-4,9-10,12,19H,5-8,11H2,(H,28,29)(H,30,32)(H,34,35)/t19-/m0/s1. The van der Waals surface area contributed by atoms with Crippen molar-refractivity contribution in [3.8, 4) is 0 Å². The number of hydrogen-bond acceptors (Lipinski definition) is 4. The third-order valence-electron chi connectivity index (χ3n) is 5.86. The van der Waals surface area contributed by atoms with E-state index in [2.05, 4.69) is 15.3 Å². The van der Waals surface area contributed by atoms with Crippen LogP contribution in [0.15, 0.2) is 42.9 Å². The summed E-state index contributed by atoms with van der Waals surface area (Å²) in [7, 11) is 0. The third-order valence-corrected chi connectivity index (χ3v) is 6.82. The summed E-state index contributed by atoms with van der Waals surface area (Å²) in [5.74, 6) is -1.99. The first-order valence-corrected chi connectivity index (χ1v) is 11.9. The molecule has 2 amide bonds. The van der Waals surface area contributed by atoms with Crippen molar-refractivity contribution in [1.82, 2.24) is 20.2 Å². The lowest BCUT2D eigenvalue weighted by Gasteiger charge is -2.30. The van der Waals surface area contributed by atoms with Gasteiger partial charge in [-0.2, -0.15) is 0 Å². The van der Waals surface area contributed by atoms with E-state index in [1.54, 1.807) is 41.4 Å². The maximum Gasteiger partial charge on any atom is 0.326 e. The Morgan fingerprint density at radius 3 is 2.57 bits per heavy atom. The number of carbonyl (C=O) groups is 3. The number of rotatable bonds is 7. The first-order chi connectivity index (χ1) is 16.7. The molecule has 0 aliphatic carbocycles. The average Bonchev–Trinajstić information content (AvgIpc) is 3.35. The number of carboxylic acids is 1. The third kappa shape index (κ3) is 5.61. The second-order valence-electron chi connectivity index (χ2n) is 8.13. The van der Waals surface area contributed by atoms with E-state index in [0.29, 0.717) is 41.2 Å². The quantitative estimate of drug-likeness (QED) is 0.415. The molecule has 0 saturated heterocycles. The molecule has 182 valence electrons. The van der Waals surface area contributed by atoms with Crippen molar-refractivity contribution >= 4 is 52.6 Å². The molecule has 1 aromatic heterocycles. The molecule has 3 N–H and O–H groups in total. The minimum absolute atomic E-state index is 0.0237. The number of imidazole rings is 1. The number of carbonyl (C=O) groups excluding carboxylic acids is 2. The molecule has 1 atom stereocenters. The predicted molar refractivity (Wildman–Crippen MR) is 132 cm³/mol. The fourth-order valence-electron chi connectivity index (χ4n) is 4.02. The van der Waals surface area contributed by atoms with E-state index < -0.39 is 17.9 Å². The Kier molecular flexibility index (Phi) is 7.64. The molecule has 4 rings (SSSR count). The number of benzene rings is 2. The van der Waals surface area contributed by atoms with Gasteiger partial charge in [-0.15, -0.1) is 0 Å². The molecule has 35 heavy (non-hydrogen) atoms. The number of aromatic amines is 1. The van der Waals surface area contributed by atoms with Gasteiger partial charge in [-0.3, -0.25) is 9.59 Å². The zero-order valence-electron chi connectivity index (χ0n) is 18.4. The summed E-state index contributed by atoms with van der Waals surface area (Å²) in [5, 5.41) is 12.9. The van der Waals surface area contributed by atoms with Crippen molar-refractivity contribution < 1.29 is 19.5 Å². The van der Waals surface area contributed by atoms with Crippen LogP contribution in [0.25, 0.3) is 0 Å². The zero-order valence-corrected chi connectivity index (χ0v) is 20.6. The molecular weight excluding hydrogens is 515 g/mol. The van der Waals surface area contributed by atoms with Crippen LogP contribution in [0.5, 0.6) is 0 Å². The smallest absolute Gasteiger partial charge is 0.326 e. The number of aromatic nitrogens is 2. The molecule has 3 aromatic rings. The van der Waals surface area contributed by atoms with E-state index in [1.165, 1.54) is 6.33 Å². The van der Waals surface area contributed by atoms with Crippen LogP contribution in [0.2, 0.25) is 15.1 Å². The number of carboxylic acid groups (broad SMARTS) is 1. The van der Waals surface area contributed by atoms with Gasteiger partial charge in [0.05, 0.1) is 27.6 Å². The Morgan fingerprint density at radius 2 is 1.91 bits per heavy atom. The molecule has 0 radical (unpaired) electrons. The van der Waals surface area contributed by atoms with Gasteiger partial charge in [0.25, 0.3) is 11.8 Å². The average molecular weight is 536 g/mol. The number of hydrogen-bond donors (Lipinski definition) is 3. The van der Waals surface area contributed by atoms with Gasteiger partial charge in [0, 0.05) is 29.9 Å². The van der Waals surface area contributed by atoms with Crippen molar-refractivity contribution in [1.29, 1.82) is 0 Å². The summed E-state index contributed by atoms with van der Waals surface area (Å²) >= 11 is 18.9. The highest BCUT2D eigenvalue weighted by molar-refractivity contribution is 6.40. The molecular formula is C24H21Cl3N4O4. The number of nitrogens with one attached hydrogen (secondary N) is 2. The van der Waals surface area contributed by atoms with Gasteiger partial charge in [-0.25, -0.2) is 9.78 Å². The summed E-state index contributed by atoms with van der Waals surface area (Å²) in [5.41, 5.74) is 2.67. The highest BCUT2D eigenvalue weighted by Crippen LogP contribution is 2.35. The van der Waals surface area contributed by atoms with E-state index >= 15 is 0 Å². The number of amides is 2. The Balaban J connectivity index is 1.50. The topological polar surface area (TPSA) is 115 Å². The van der Waals surface area contributed by atoms with Crippen molar-refractivity contribution in [2.75, 3.05) is 6.54 Å². The van der Waals surface area contributed by atoms with Crippen molar-refractivity contribution in [3.63, 3.8) is 0 Å². The molecule has 8 nitrogen and oxygen atoms in total. The van der Waals surface area contributed by atoms with Crippen LogP contribution in [-0.2, 0) is 24.2 Å². The number of fused-ring (bicyclic) bond motifs is 1. The predicted octanol–water partition coefficient (Wildman–Crippen LogP) is 4.38. The molecule has 1 aliphatic rings. The normalized spacial score (nSPS) is 13.7. The molecule has 0 unspecified atom stereocenters. The Bertz CT molecular complexity index is 1260. The minimum Gasteiger partial charge on any atom is -0.480 e. The van der Waals surface area contributed by atoms with Crippen molar-refractivity contribution in [2.45, 2.75) is 31.8 Å². The van der Waals surface area contributed by atoms with Crippen LogP contribution in [-0.4, -0.2) is 50.3 Å². The summed E-state index contributed by atoms with van der Waals surface area (Å²) in [6.07, 6.45) is 4.10. The molecule has 1 aliphatic heterocycles. The summed E-state index contributed by atoms with van der Waals surface area (Å²) < 4.78 is 0. The SMILES string of the molecule is O=C(N[C@@H](CCc1c[nH]cn1)C(=O)O)c1c(Cl)cc2c(c1Cl)CCN(C(=O)c1ccc(Cl)cc1)C2. The van der Waals surface area contributed by atoms with E-state index in [4.69, 9.17) is 34.8 Å². The summed E-state index contributed by atoms with van der Waals surface area (Å²) in [4.78, 5) is 46.1. The van der Waals surface area contributed by atoms with Crippen LogP contribution >= 0.6 is 34.8 Å². The first kappa shape index (κ1) is 25.0. The van der Waals surface area contributed by atoms with Crippen molar-refractivity contribution in [2.24, 2.45) is 0 Å². The lowest BCUT2D eigenvalue weighted by molar-refractivity contribution is -0.139. The van der Waals surface area contributed by atoms with E-state index in [1.807, 2.05) is 0 Å².